The summed E-state index contributed by atoms with van der Waals surface area (Å²) in [4.78, 5) is 0. The summed E-state index contributed by atoms with van der Waals surface area (Å²) in [6, 6.07) is 11.8. The summed E-state index contributed by atoms with van der Waals surface area (Å²) in [5.74, 6) is 0.831. The zero-order valence-electron chi connectivity index (χ0n) is 9.79. The third-order valence-corrected chi connectivity index (χ3v) is 4.46. The summed E-state index contributed by atoms with van der Waals surface area (Å²) in [5, 5.41) is 4.07. The van der Waals surface area contributed by atoms with Crippen LogP contribution in [0.2, 0.25) is 5.02 Å². The summed E-state index contributed by atoms with van der Waals surface area (Å²) < 4.78 is 7.96. The van der Waals surface area contributed by atoms with Crippen molar-refractivity contribution >= 4 is 49.1 Å². The van der Waals surface area contributed by atoms with Gasteiger partial charge in [0.25, 0.3) is 0 Å². The number of rotatable bonds is 1. The van der Waals surface area contributed by atoms with Crippen molar-refractivity contribution in [1.29, 1.82) is 0 Å². The van der Waals surface area contributed by atoms with Crippen LogP contribution in [0.3, 0.4) is 0 Å². The SMILES string of the molecule is Clc1cc(Br)ccc1C1CNc2cccc(Br)c2O1. The van der Waals surface area contributed by atoms with Gasteiger partial charge in [-0.1, -0.05) is 39.7 Å². The lowest BCUT2D eigenvalue weighted by molar-refractivity contribution is 0.209. The van der Waals surface area contributed by atoms with Gasteiger partial charge in [-0.05, 0) is 40.2 Å². The lowest BCUT2D eigenvalue weighted by Gasteiger charge is -2.29. The minimum Gasteiger partial charge on any atom is -0.480 e. The topological polar surface area (TPSA) is 21.3 Å². The van der Waals surface area contributed by atoms with Gasteiger partial charge in [0.15, 0.2) is 5.75 Å². The molecule has 0 spiro atoms. The number of hydrogen-bond donors (Lipinski definition) is 1. The second kappa shape index (κ2) is 5.35. The van der Waals surface area contributed by atoms with E-state index in [4.69, 9.17) is 16.3 Å². The molecule has 1 heterocycles. The van der Waals surface area contributed by atoms with E-state index in [0.29, 0.717) is 11.6 Å². The first kappa shape index (κ1) is 13.3. The molecule has 2 nitrogen and oxygen atoms in total. The van der Waals surface area contributed by atoms with Crippen molar-refractivity contribution in [3.05, 3.63) is 55.9 Å². The first-order valence-corrected chi connectivity index (χ1v) is 7.75. The molecule has 0 radical (unpaired) electrons. The minimum atomic E-state index is -0.0909. The largest absolute Gasteiger partial charge is 0.480 e. The second-order valence-corrected chi connectivity index (χ2v) is 6.45. The highest BCUT2D eigenvalue weighted by atomic mass is 79.9. The van der Waals surface area contributed by atoms with Crippen molar-refractivity contribution in [3.63, 3.8) is 0 Å². The highest BCUT2D eigenvalue weighted by Gasteiger charge is 2.24. The minimum absolute atomic E-state index is 0.0909. The Bertz CT molecular complexity index is 633. The third-order valence-electron chi connectivity index (χ3n) is 3.01. The second-order valence-electron chi connectivity index (χ2n) is 4.27. The van der Waals surface area contributed by atoms with E-state index < -0.39 is 0 Å². The Morgan fingerprint density at radius 3 is 2.84 bits per heavy atom. The average Bonchev–Trinajstić information content (AvgIpc) is 2.39. The normalized spacial score (nSPS) is 17.3. The number of benzene rings is 2. The summed E-state index contributed by atoms with van der Waals surface area (Å²) in [5.41, 5.74) is 1.98. The molecule has 0 aliphatic carbocycles. The van der Waals surface area contributed by atoms with Gasteiger partial charge in [0.1, 0.15) is 6.10 Å². The molecule has 1 atom stereocenters. The van der Waals surface area contributed by atoms with Crippen LogP contribution in [0.5, 0.6) is 5.75 Å². The van der Waals surface area contributed by atoms with Crippen LogP contribution in [-0.2, 0) is 0 Å². The van der Waals surface area contributed by atoms with Crippen molar-refractivity contribution < 1.29 is 4.74 Å². The molecule has 19 heavy (non-hydrogen) atoms. The fraction of sp³-hybridized carbons (Fsp3) is 0.143. The average molecular weight is 404 g/mol. The molecule has 98 valence electrons. The highest BCUT2D eigenvalue weighted by Crippen LogP contribution is 2.41. The Morgan fingerprint density at radius 1 is 1.21 bits per heavy atom. The quantitative estimate of drug-likeness (QED) is 0.687. The zero-order chi connectivity index (χ0) is 13.4. The lowest BCUT2D eigenvalue weighted by atomic mass is 10.1. The van der Waals surface area contributed by atoms with E-state index in [9.17, 15) is 0 Å². The predicted molar refractivity (Wildman–Crippen MR) is 85.2 cm³/mol. The first-order chi connectivity index (χ1) is 9.15. The van der Waals surface area contributed by atoms with Gasteiger partial charge in [-0.15, -0.1) is 0 Å². The van der Waals surface area contributed by atoms with Crippen LogP contribution in [-0.4, -0.2) is 6.54 Å². The van der Waals surface area contributed by atoms with E-state index in [-0.39, 0.29) is 6.10 Å². The summed E-state index contributed by atoms with van der Waals surface area (Å²) >= 11 is 13.2. The number of para-hydroxylation sites is 1. The van der Waals surface area contributed by atoms with Crippen molar-refractivity contribution in [3.8, 4) is 5.75 Å². The standard InChI is InChI=1S/C14H10Br2ClNO/c15-8-4-5-9(11(17)6-8)13-7-18-12-3-1-2-10(16)14(12)19-13/h1-6,13,18H,7H2. The molecule has 3 rings (SSSR count). The first-order valence-electron chi connectivity index (χ1n) is 5.79. The van der Waals surface area contributed by atoms with E-state index in [1.165, 1.54) is 0 Å². The molecule has 0 bridgehead atoms. The van der Waals surface area contributed by atoms with Gasteiger partial charge >= 0.3 is 0 Å². The van der Waals surface area contributed by atoms with Gasteiger partial charge in [0, 0.05) is 15.1 Å². The Labute approximate surface area is 133 Å². The Kier molecular flexibility index (Phi) is 3.74. The third kappa shape index (κ3) is 2.62. The van der Waals surface area contributed by atoms with Gasteiger partial charge in [-0.3, -0.25) is 0 Å². The molecule has 0 amide bonds. The van der Waals surface area contributed by atoms with E-state index in [1.807, 2.05) is 36.4 Å². The molecule has 1 unspecified atom stereocenters. The molecule has 1 aliphatic heterocycles. The van der Waals surface area contributed by atoms with E-state index in [1.54, 1.807) is 0 Å². The number of hydrogen-bond acceptors (Lipinski definition) is 2. The molecule has 0 saturated carbocycles. The van der Waals surface area contributed by atoms with Gasteiger partial charge in [-0.2, -0.15) is 0 Å². The predicted octanol–water partition coefficient (Wildman–Crippen LogP) is 5.41. The van der Waals surface area contributed by atoms with Crippen LogP contribution in [0.4, 0.5) is 5.69 Å². The molecule has 0 fully saturated rings. The van der Waals surface area contributed by atoms with Crippen molar-refractivity contribution in [2.45, 2.75) is 6.10 Å². The van der Waals surface area contributed by atoms with Crippen molar-refractivity contribution in [2.24, 2.45) is 0 Å². The molecule has 2 aromatic rings. The van der Waals surface area contributed by atoms with E-state index in [2.05, 4.69) is 37.2 Å². The van der Waals surface area contributed by atoms with Crippen molar-refractivity contribution in [1.82, 2.24) is 0 Å². The lowest BCUT2D eigenvalue weighted by Crippen LogP contribution is -2.24. The van der Waals surface area contributed by atoms with Crippen molar-refractivity contribution in [2.75, 3.05) is 11.9 Å². The number of halogens is 3. The van der Waals surface area contributed by atoms with Crippen LogP contribution >= 0.6 is 43.5 Å². The van der Waals surface area contributed by atoms with Crippen LogP contribution < -0.4 is 10.1 Å². The van der Waals surface area contributed by atoms with Gasteiger partial charge < -0.3 is 10.1 Å². The molecule has 1 aliphatic rings. The maximum Gasteiger partial charge on any atom is 0.157 e. The maximum absolute atomic E-state index is 6.28. The Balaban J connectivity index is 1.95. The number of nitrogens with one attached hydrogen (secondary N) is 1. The summed E-state index contributed by atoms with van der Waals surface area (Å²) in [6.07, 6.45) is -0.0909. The van der Waals surface area contributed by atoms with Gasteiger partial charge in [0.2, 0.25) is 0 Å². The molecule has 2 aromatic carbocycles. The van der Waals surface area contributed by atoms with Gasteiger partial charge in [0.05, 0.1) is 16.7 Å². The molecular formula is C14H10Br2ClNO. The monoisotopic (exact) mass is 401 g/mol. The summed E-state index contributed by atoms with van der Waals surface area (Å²) in [7, 11) is 0. The highest BCUT2D eigenvalue weighted by molar-refractivity contribution is 9.10. The van der Waals surface area contributed by atoms with E-state index >= 15 is 0 Å². The molecule has 5 heteroatoms. The van der Waals surface area contributed by atoms with E-state index in [0.717, 1.165) is 25.9 Å². The molecular weight excluding hydrogens is 393 g/mol. The molecule has 0 aromatic heterocycles. The van der Waals surface area contributed by atoms with Crippen LogP contribution in [0, 0.1) is 0 Å². The van der Waals surface area contributed by atoms with Crippen LogP contribution in [0.25, 0.3) is 0 Å². The maximum atomic E-state index is 6.28. The number of fused-ring (bicyclic) bond motifs is 1. The number of ether oxygens (including phenoxy) is 1. The van der Waals surface area contributed by atoms with Gasteiger partial charge in [-0.25, -0.2) is 0 Å². The fourth-order valence-electron chi connectivity index (χ4n) is 2.09. The smallest absolute Gasteiger partial charge is 0.157 e. The fourth-order valence-corrected chi connectivity index (χ4v) is 3.35. The Morgan fingerprint density at radius 2 is 2.05 bits per heavy atom. The zero-order valence-corrected chi connectivity index (χ0v) is 13.7. The molecule has 1 N–H and O–H groups in total. The Hall–Kier alpha value is -0.710. The van der Waals surface area contributed by atoms with Crippen LogP contribution in [0.15, 0.2) is 45.3 Å². The van der Waals surface area contributed by atoms with Crippen LogP contribution in [0.1, 0.15) is 11.7 Å². The number of anilines is 1. The molecule has 0 saturated heterocycles. The summed E-state index contributed by atoms with van der Waals surface area (Å²) in [6.45, 7) is 0.699.